The van der Waals surface area contributed by atoms with E-state index in [1.54, 1.807) is 7.11 Å². The number of fused-ring (bicyclic) bond motifs is 1. The Labute approximate surface area is 171 Å². The standard InChI is InChI=1S/C26H24N2O/c1-28(2)24-12-7-18(8-13-24)26(19-9-14-25(29-3)15-10-19)22-5-4-21-17-23(27)11-6-20(21)16-22/h4-17,27H,1-3H3/b26-22+,27-23?. The lowest BCUT2D eigenvalue weighted by Crippen LogP contribution is -2.18. The van der Waals surface area contributed by atoms with Crippen LogP contribution >= 0.6 is 0 Å². The highest BCUT2D eigenvalue weighted by molar-refractivity contribution is 6.18. The van der Waals surface area contributed by atoms with Gasteiger partial charge in [-0.05, 0) is 75.2 Å². The van der Waals surface area contributed by atoms with Crippen molar-refractivity contribution >= 4 is 29.1 Å². The third kappa shape index (κ3) is 3.85. The summed E-state index contributed by atoms with van der Waals surface area (Å²) < 4.78 is 5.34. The summed E-state index contributed by atoms with van der Waals surface area (Å²) in [4.78, 5) is 2.10. The molecule has 3 aromatic carbocycles. The fourth-order valence-corrected chi connectivity index (χ4v) is 3.59. The number of allylic oxidation sites excluding steroid dienone is 1. The van der Waals surface area contributed by atoms with Gasteiger partial charge in [0.25, 0.3) is 0 Å². The van der Waals surface area contributed by atoms with Crippen LogP contribution in [0.4, 0.5) is 5.69 Å². The number of nitrogens with one attached hydrogen (secondary N) is 1. The molecule has 0 aromatic heterocycles. The van der Waals surface area contributed by atoms with Gasteiger partial charge in [-0.25, -0.2) is 0 Å². The first-order valence-electron chi connectivity index (χ1n) is 9.60. The van der Waals surface area contributed by atoms with Crippen LogP contribution in [0.2, 0.25) is 0 Å². The smallest absolute Gasteiger partial charge is 0.118 e. The predicted molar refractivity (Wildman–Crippen MR) is 122 cm³/mol. The lowest BCUT2D eigenvalue weighted by Gasteiger charge is -2.15. The summed E-state index contributed by atoms with van der Waals surface area (Å²) in [5, 5.41) is 10.1. The first kappa shape index (κ1) is 18.8. The van der Waals surface area contributed by atoms with Crippen molar-refractivity contribution in [2.75, 3.05) is 26.1 Å². The van der Waals surface area contributed by atoms with E-state index in [0.717, 1.165) is 32.9 Å². The van der Waals surface area contributed by atoms with Crippen molar-refractivity contribution in [3.05, 3.63) is 99.9 Å². The Bertz CT molecular complexity index is 1200. The number of methoxy groups -OCH3 is 1. The highest BCUT2D eigenvalue weighted by Gasteiger charge is 2.09. The molecule has 0 bridgehead atoms. The maximum absolute atomic E-state index is 7.86. The molecule has 0 unspecified atom stereocenters. The summed E-state index contributed by atoms with van der Waals surface area (Å²) in [5.74, 6) is 0.845. The van der Waals surface area contributed by atoms with Crippen LogP contribution in [-0.4, -0.2) is 26.9 Å². The first-order valence-corrected chi connectivity index (χ1v) is 9.60. The van der Waals surface area contributed by atoms with Gasteiger partial charge in [-0.15, -0.1) is 0 Å². The van der Waals surface area contributed by atoms with Crippen LogP contribution in [0.25, 0.3) is 17.7 Å². The number of rotatable bonds is 4. The molecule has 144 valence electrons. The van der Waals surface area contributed by atoms with Crippen molar-refractivity contribution in [1.82, 2.24) is 0 Å². The van der Waals surface area contributed by atoms with E-state index in [4.69, 9.17) is 10.1 Å². The number of hydrogen-bond acceptors (Lipinski definition) is 3. The van der Waals surface area contributed by atoms with E-state index < -0.39 is 0 Å². The lowest BCUT2D eigenvalue weighted by molar-refractivity contribution is 0.415. The van der Waals surface area contributed by atoms with Crippen molar-refractivity contribution < 1.29 is 4.74 Å². The maximum atomic E-state index is 7.86. The van der Waals surface area contributed by atoms with Gasteiger partial charge in [0.15, 0.2) is 0 Å². The van der Waals surface area contributed by atoms with Crippen LogP contribution < -0.4 is 20.1 Å². The van der Waals surface area contributed by atoms with E-state index >= 15 is 0 Å². The van der Waals surface area contributed by atoms with Gasteiger partial charge in [0, 0.05) is 19.8 Å². The Hall–Kier alpha value is -3.59. The fraction of sp³-hybridized carbons (Fsp3) is 0.115. The second kappa shape index (κ2) is 7.80. The van der Waals surface area contributed by atoms with Crippen LogP contribution in [0.15, 0.2) is 72.8 Å². The summed E-state index contributed by atoms with van der Waals surface area (Å²) in [7, 11) is 5.78. The molecule has 1 aliphatic rings. The second-order valence-electron chi connectivity index (χ2n) is 7.32. The molecule has 3 nitrogen and oxygen atoms in total. The molecule has 1 aliphatic carbocycles. The third-order valence-corrected chi connectivity index (χ3v) is 5.18. The molecule has 0 amide bonds. The number of ether oxygens (including phenoxy) is 1. The van der Waals surface area contributed by atoms with E-state index in [1.807, 2.05) is 44.5 Å². The molecule has 3 aromatic rings. The maximum Gasteiger partial charge on any atom is 0.118 e. The number of benzene rings is 3. The molecule has 0 saturated carbocycles. The van der Waals surface area contributed by atoms with Gasteiger partial charge in [-0.1, -0.05) is 42.5 Å². The van der Waals surface area contributed by atoms with Crippen molar-refractivity contribution in [1.29, 1.82) is 5.41 Å². The average molecular weight is 380 g/mol. The Morgan fingerprint density at radius 1 is 0.828 bits per heavy atom. The van der Waals surface area contributed by atoms with Crippen molar-refractivity contribution in [2.24, 2.45) is 0 Å². The van der Waals surface area contributed by atoms with Gasteiger partial charge < -0.3 is 15.0 Å². The van der Waals surface area contributed by atoms with Crippen LogP contribution in [0, 0.1) is 5.41 Å². The van der Waals surface area contributed by atoms with Crippen LogP contribution in [0.3, 0.4) is 0 Å². The molecular formula is C26H24N2O. The zero-order valence-corrected chi connectivity index (χ0v) is 16.9. The fourth-order valence-electron chi connectivity index (χ4n) is 3.59. The number of hydrogen-bond donors (Lipinski definition) is 1. The SMILES string of the molecule is COc1ccc(/C(c2ccc(N(C)C)cc2)=c2\ccc3c(c2)C=CC(=N)C=3)cc1. The van der Waals surface area contributed by atoms with E-state index in [1.165, 1.54) is 11.3 Å². The Morgan fingerprint density at radius 3 is 2.10 bits per heavy atom. The Balaban J connectivity index is 1.95. The van der Waals surface area contributed by atoms with Gasteiger partial charge in [-0.3, -0.25) is 0 Å². The van der Waals surface area contributed by atoms with Gasteiger partial charge in [0.2, 0.25) is 0 Å². The highest BCUT2D eigenvalue weighted by atomic mass is 16.5. The predicted octanol–water partition coefficient (Wildman–Crippen LogP) is 3.84. The van der Waals surface area contributed by atoms with E-state index in [-0.39, 0.29) is 0 Å². The molecule has 0 radical (unpaired) electrons. The average Bonchev–Trinajstić information content (AvgIpc) is 2.75. The normalized spacial score (nSPS) is 13.4. The van der Waals surface area contributed by atoms with Gasteiger partial charge >= 0.3 is 0 Å². The van der Waals surface area contributed by atoms with Gasteiger partial charge in [0.1, 0.15) is 5.75 Å². The second-order valence-corrected chi connectivity index (χ2v) is 7.32. The number of nitrogens with zero attached hydrogens (tertiary/aromatic N) is 1. The Morgan fingerprint density at radius 2 is 1.48 bits per heavy atom. The zero-order valence-electron chi connectivity index (χ0n) is 16.9. The van der Waals surface area contributed by atoms with Crippen LogP contribution in [-0.2, 0) is 0 Å². The topological polar surface area (TPSA) is 36.3 Å². The largest absolute Gasteiger partial charge is 0.497 e. The Kier molecular flexibility index (Phi) is 5.05. The molecule has 0 fully saturated rings. The van der Waals surface area contributed by atoms with E-state index in [9.17, 15) is 0 Å². The summed E-state index contributed by atoms with van der Waals surface area (Å²) in [5.41, 5.74) is 6.31. The summed E-state index contributed by atoms with van der Waals surface area (Å²) in [6.45, 7) is 0. The minimum Gasteiger partial charge on any atom is -0.497 e. The molecule has 0 spiro atoms. The molecule has 1 N–H and O–H groups in total. The molecule has 3 heteroatoms. The van der Waals surface area contributed by atoms with E-state index in [2.05, 4.69) is 59.5 Å². The number of anilines is 1. The van der Waals surface area contributed by atoms with Crippen LogP contribution in [0.5, 0.6) is 5.75 Å². The molecule has 0 atom stereocenters. The summed E-state index contributed by atoms with van der Waals surface area (Å²) in [6.07, 6.45) is 5.75. The molecule has 0 aliphatic heterocycles. The summed E-state index contributed by atoms with van der Waals surface area (Å²) in [6, 6.07) is 23.3. The first-order chi connectivity index (χ1) is 14.0. The molecule has 0 saturated heterocycles. The van der Waals surface area contributed by atoms with Gasteiger partial charge in [-0.2, -0.15) is 0 Å². The van der Waals surface area contributed by atoms with Crippen molar-refractivity contribution in [3.63, 3.8) is 0 Å². The highest BCUT2D eigenvalue weighted by Crippen LogP contribution is 2.25. The van der Waals surface area contributed by atoms with Crippen molar-refractivity contribution in [2.45, 2.75) is 0 Å². The molecule has 4 rings (SSSR count). The summed E-state index contributed by atoms with van der Waals surface area (Å²) >= 11 is 0. The quantitative estimate of drug-likeness (QED) is 0.747. The third-order valence-electron chi connectivity index (χ3n) is 5.18. The van der Waals surface area contributed by atoms with Crippen LogP contribution in [0.1, 0.15) is 16.7 Å². The van der Waals surface area contributed by atoms with Crippen molar-refractivity contribution in [3.8, 4) is 5.75 Å². The van der Waals surface area contributed by atoms with E-state index in [0.29, 0.717) is 5.71 Å². The minimum atomic E-state index is 0.531. The molecule has 29 heavy (non-hydrogen) atoms. The molecule has 0 heterocycles. The molecular weight excluding hydrogens is 356 g/mol. The van der Waals surface area contributed by atoms with Gasteiger partial charge in [0.05, 0.1) is 12.8 Å². The minimum absolute atomic E-state index is 0.531. The zero-order chi connectivity index (χ0) is 20.4. The lowest BCUT2D eigenvalue weighted by atomic mass is 9.93. The monoisotopic (exact) mass is 380 g/mol.